The summed E-state index contributed by atoms with van der Waals surface area (Å²) >= 11 is 1.34. The number of rotatable bonds is 7. The molecule has 118 valence electrons. The lowest BCUT2D eigenvalue weighted by atomic mass is 10.2. The number of nitrogens with zero attached hydrogens (tertiary/aromatic N) is 1. The molecule has 0 fully saturated rings. The first kappa shape index (κ1) is 17.9. The smallest absolute Gasteiger partial charge is 0.333 e. The lowest BCUT2D eigenvalue weighted by Crippen LogP contribution is -2.42. The van der Waals surface area contributed by atoms with Gasteiger partial charge in [0.15, 0.2) is 0 Å². The molecule has 0 aliphatic carbocycles. The third-order valence-electron chi connectivity index (χ3n) is 2.65. The summed E-state index contributed by atoms with van der Waals surface area (Å²) in [6, 6.07) is 9.55. The molecule has 0 bridgehead atoms. The number of halogens is 3. The molecule has 1 rings (SSSR count). The van der Waals surface area contributed by atoms with Crippen molar-refractivity contribution in [2.75, 3.05) is 18.8 Å². The van der Waals surface area contributed by atoms with Gasteiger partial charge in [-0.15, -0.1) is 11.8 Å². The molecule has 0 N–H and O–H groups in total. The first-order valence-electron chi connectivity index (χ1n) is 6.74. The van der Waals surface area contributed by atoms with E-state index in [9.17, 15) is 18.0 Å². The highest BCUT2D eigenvalue weighted by molar-refractivity contribution is 7.99. The Balaban J connectivity index is 2.48. The number of hydrogen-bond donors (Lipinski definition) is 0. The van der Waals surface area contributed by atoms with Gasteiger partial charge in [0, 0.05) is 12.3 Å². The topological polar surface area (TPSA) is 20.3 Å². The van der Waals surface area contributed by atoms with E-state index in [1.165, 1.54) is 11.8 Å². The molecule has 0 radical (unpaired) electrons. The fourth-order valence-electron chi connectivity index (χ4n) is 1.83. The molecule has 0 spiro atoms. The molecule has 2 nitrogen and oxygen atoms in total. The summed E-state index contributed by atoms with van der Waals surface area (Å²) in [7, 11) is 0. The van der Waals surface area contributed by atoms with Crippen molar-refractivity contribution in [1.82, 2.24) is 4.90 Å². The van der Waals surface area contributed by atoms with Crippen molar-refractivity contribution >= 4 is 17.7 Å². The molecule has 1 amide bonds. The van der Waals surface area contributed by atoms with Gasteiger partial charge in [-0.1, -0.05) is 44.2 Å². The number of thioether (sulfide) groups is 1. The van der Waals surface area contributed by atoms with Crippen LogP contribution in [0.5, 0.6) is 0 Å². The Morgan fingerprint density at radius 2 is 1.86 bits per heavy atom. The van der Waals surface area contributed by atoms with Crippen molar-refractivity contribution in [3.8, 4) is 0 Å². The van der Waals surface area contributed by atoms with Crippen LogP contribution < -0.4 is 0 Å². The standard InChI is InChI=1S/C15H20F3NOS/c1-12(2)8-19(11-15(16,17)18)14(20)10-21-9-13-6-4-3-5-7-13/h3-7,12H,8-11H2,1-2H3. The molecular weight excluding hydrogens is 299 g/mol. The minimum atomic E-state index is -4.35. The van der Waals surface area contributed by atoms with Crippen molar-refractivity contribution in [1.29, 1.82) is 0 Å². The van der Waals surface area contributed by atoms with E-state index < -0.39 is 18.6 Å². The van der Waals surface area contributed by atoms with Crippen LogP contribution in [0, 0.1) is 5.92 Å². The highest BCUT2D eigenvalue weighted by atomic mass is 32.2. The number of amides is 1. The van der Waals surface area contributed by atoms with Crippen LogP contribution in [0.2, 0.25) is 0 Å². The predicted octanol–water partition coefficient (Wildman–Crippen LogP) is 3.97. The molecule has 0 unspecified atom stereocenters. The van der Waals surface area contributed by atoms with Crippen molar-refractivity contribution in [3.05, 3.63) is 35.9 Å². The maximum Gasteiger partial charge on any atom is 0.406 e. The summed E-state index contributed by atoms with van der Waals surface area (Å²) < 4.78 is 37.5. The van der Waals surface area contributed by atoms with Gasteiger partial charge in [-0.3, -0.25) is 4.79 Å². The van der Waals surface area contributed by atoms with Crippen LogP contribution in [0.25, 0.3) is 0 Å². The van der Waals surface area contributed by atoms with E-state index >= 15 is 0 Å². The first-order valence-corrected chi connectivity index (χ1v) is 7.89. The summed E-state index contributed by atoms with van der Waals surface area (Å²) in [5, 5.41) is 0. The third-order valence-corrected chi connectivity index (χ3v) is 3.63. The van der Waals surface area contributed by atoms with Crippen LogP contribution in [0.3, 0.4) is 0 Å². The van der Waals surface area contributed by atoms with Gasteiger partial charge in [0.2, 0.25) is 5.91 Å². The Labute approximate surface area is 127 Å². The van der Waals surface area contributed by atoms with Crippen molar-refractivity contribution in [3.63, 3.8) is 0 Å². The van der Waals surface area contributed by atoms with E-state index in [2.05, 4.69) is 0 Å². The molecule has 0 atom stereocenters. The molecular formula is C15H20F3NOS. The number of carbonyl (C=O) groups is 1. The molecule has 0 aliphatic heterocycles. The number of hydrogen-bond acceptors (Lipinski definition) is 2. The minimum Gasteiger partial charge on any atom is -0.333 e. The van der Waals surface area contributed by atoms with Crippen molar-refractivity contribution in [2.45, 2.75) is 25.8 Å². The van der Waals surface area contributed by atoms with Crippen molar-refractivity contribution < 1.29 is 18.0 Å². The first-order chi connectivity index (χ1) is 9.78. The van der Waals surface area contributed by atoms with Gasteiger partial charge in [-0.2, -0.15) is 13.2 Å². The van der Waals surface area contributed by atoms with Crippen LogP contribution in [0.1, 0.15) is 19.4 Å². The molecule has 0 aliphatic rings. The Kier molecular flexibility index (Phi) is 7.08. The zero-order valence-corrected chi connectivity index (χ0v) is 13.0. The van der Waals surface area contributed by atoms with E-state index in [1.807, 2.05) is 30.3 Å². The highest BCUT2D eigenvalue weighted by Crippen LogP contribution is 2.19. The average molecular weight is 319 g/mol. The largest absolute Gasteiger partial charge is 0.406 e. The molecule has 0 aromatic heterocycles. The van der Waals surface area contributed by atoms with Gasteiger partial charge in [-0.25, -0.2) is 0 Å². The van der Waals surface area contributed by atoms with Gasteiger partial charge in [-0.05, 0) is 11.5 Å². The van der Waals surface area contributed by atoms with Gasteiger partial charge >= 0.3 is 6.18 Å². The second-order valence-corrected chi connectivity index (χ2v) is 6.25. The van der Waals surface area contributed by atoms with E-state index in [-0.39, 0.29) is 18.2 Å². The lowest BCUT2D eigenvalue weighted by Gasteiger charge is -2.25. The van der Waals surface area contributed by atoms with Gasteiger partial charge in [0.25, 0.3) is 0 Å². The average Bonchev–Trinajstić information content (AvgIpc) is 2.37. The quantitative estimate of drug-likeness (QED) is 0.758. The van der Waals surface area contributed by atoms with Crippen LogP contribution >= 0.6 is 11.8 Å². The molecule has 21 heavy (non-hydrogen) atoms. The van der Waals surface area contributed by atoms with Crippen LogP contribution in [0.15, 0.2) is 30.3 Å². The van der Waals surface area contributed by atoms with Gasteiger partial charge in [0.1, 0.15) is 6.54 Å². The zero-order chi connectivity index (χ0) is 15.9. The summed E-state index contributed by atoms with van der Waals surface area (Å²) in [5.74, 6) is 0.239. The molecule has 0 saturated carbocycles. The van der Waals surface area contributed by atoms with Crippen LogP contribution in [-0.4, -0.2) is 35.8 Å². The number of alkyl halides is 3. The minimum absolute atomic E-state index is 0.00965. The Morgan fingerprint density at radius 3 is 2.38 bits per heavy atom. The molecule has 1 aromatic carbocycles. The van der Waals surface area contributed by atoms with E-state index in [1.54, 1.807) is 13.8 Å². The molecule has 6 heteroatoms. The predicted molar refractivity (Wildman–Crippen MR) is 80.1 cm³/mol. The van der Waals surface area contributed by atoms with Gasteiger partial charge in [0.05, 0.1) is 5.75 Å². The summed E-state index contributed by atoms with van der Waals surface area (Å²) in [6.45, 7) is 2.56. The monoisotopic (exact) mass is 319 g/mol. The van der Waals surface area contributed by atoms with E-state index in [4.69, 9.17) is 0 Å². The van der Waals surface area contributed by atoms with Crippen LogP contribution in [0.4, 0.5) is 13.2 Å². The summed E-state index contributed by atoms with van der Waals surface area (Å²) in [5.41, 5.74) is 1.06. The SMILES string of the molecule is CC(C)CN(CC(F)(F)F)C(=O)CSCc1ccccc1. The number of benzene rings is 1. The Morgan fingerprint density at radius 1 is 1.24 bits per heavy atom. The summed E-state index contributed by atoms with van der Waals surface area (Å²) in [6.07, 6.45) is -4.35. The fraction of sp³-hybridized carbons (Fsp3) is 0.533. The number of carbonyl (C=O) groups excluding carboxylic acids is 1. The molecule has 0 saturated heterocycles. The Hall–Kier alpha value is -1.17. The fourth-order valence-corrected chi connectivity index (χ4v) is 2.72. The van der Waals surface area contributed by atoms with E-state index in [0.29, 0.717) is 5.75 Å². The second-order valence-electron chi connectivity index (χ2n) is 5.26. The summed E-state index contributed by atoms with van der Waals surface area (Å²) in [4.78, 5) is 12.9. The maximum absolute atomic E-state index is 12.5. The maximum atomic E-state index is 12.5. The lowest BCUT2D eigenvalue weighted by molar-refractivity contribution is -0.160. The molecule has 1 aromatic rings. The van der Waals surface area contributed by atoms with Crippen molar-refractivity contribution in [2.24, 2.45) is 5.92 Å². The highest BCUT2D eigenvalue weighted by Gasteiger charge is 2.33. The normalized spacial score (nSPS) is 11.7. The van der Waals surface area contributed by atoms with Gasteiger partial charge < -0.3 is 4.90 Å². The second kappa shape index (κ2) is 8.32. The van der Waals surface area contributed by atoms with E-state index in [0.717, 1.165) is 10.5 Å². The third kappa shape index (κ3) is 7.99. The van der Waals surface area contributed by atoms with Crippen LogP contribution in [-0.2, 0) is 10.5 Å². The molecule has 0 heterocycles. The zero-order valence-electron chi connectivity index (χ0n) is 12.2. The Bertz CT molecular complexity index is 434.